The maximum absolute atomic E-state index is 12.3. The maximum atomic E-state index is 12.3. The number of carbonyl (C=O) groups is 1. The van der Waals surface area contributed by atoms with Crippen molar-refractivity contribution in [3.8, 4) is 5.69 Å². The van der Waals surface area contributed by atoms with Crippen LogP contribution in [0.25, 0.3) is 5.69 Å². The Morgan fingerprint density at radius 1 is 1.26 bits per heavy atom. The lowest BCUT2D eigenvalue weighted by Gasteiger charge is -2.31. The van der Waals surface area contributed by atoms with Crippen molar-refractivity contribution in [2.45, 2.75) is 50.9 Å². The first-order chi connectivity index (χ1) is 13.1. The third kappa shape index (κ3) is 2.62. The normalized spacial score (nSPS) is 27.6. The smallest absolute Gasteiger partial charge is 0.226 e. The topological polar surface area (TPSA) is 50.6 Å². The van der Waals surface area contributed by atoms with E-state index in [1.807, 2.05) is 15.8 Å². The summed E-state index contributed by atoms with van der Waals surface area (Å²) in [4.78, 5) is 16.7. The number of likely N-dealkylation sites (tertiary alicyclic amines) is 1. The summed E-state index contributed by atoms with van der Waals surface area (Å²) in [5.74, 6) is 0.768. The highest BCUT2D eigenvalue weighted by molar-refractivity contribution is 5.81. The molecule has 1 spiro atoms. The molecule has 2 aromatic rings. The third-order valence-electron chi connectivity index (χ3n) is 6.36. The minimum absolute atomic E-state index is 0.168. The lowest BCUT2D eigenvalue weighted by atomic mass is 10.0. The molecule has 1 aromatic carbocycles. The molecule has 3 aliphatic heterocycles. The summed E-state index contributed by atoms with van der Waals surface area (Å²) in [6.45, 7) is 7.58. The van der Waals surface area contributed by atoms with Crippen LogP contribution in [0.3, 0.4) is 0 Å². The van der Waals surface area contributed by atoms with Crippen molar-refractivity contribution < 1.29 is 9.53 Å². The predicted molar refractivity (Wildman–Crippen MR) is 101 cm³/mol. The summed E-state index contributed by atoms with van der Waals surface area (Å²) in [7, 11) is 0. The van der Waals surface area contributed by atoms with E-state index in [4.69, 9.17) is 4.74 Å². The van der Waals surface area contributed by atoms with Crippen LogP contribution in [-0.4, -0.2) is 57.0 Å². The second-order valence-corrected chi connectivity index (χ2v) is 8.22. The monoisotopic (exact) mass is 366 g/mol. The van der Waals surface area contributed by atoms with Crippen molar-refractivity contribution in [2.75, 3.05) is 19.7 Å². The molecule has 1 aromatic heterocycles. The quantitative estimate of drug-likeness (QED) is 0.834. The molecule has 0 unspecified atom stereocenters. The molecular weight excluding hydrogens is 340 g/mol. The number of carbonyl (C=O) groups excluding carboxylic acids is 1. The minimum atomic E-state index is -0.361. The zero-order valence-corrected chi connectivity index (χ0v) is 16.0. The lowest BCUT2D eigenvalue weighted by molar-refractivity contribution is -0.136. The number of amides is 1. The van der Waals surface area contributed by atoms with Crippen molar-refractivity contribution in [3.05, 3.63) is 47.8 Å². The number of aromatic nitrogens is 2. The minimum Gasteiger partial charge on any atom is -0.352 e. The van der Waals surface area contributed by atoms with Crippen LogP contribution in [0, 0.1) is 0 Å². The van der Waals surface area contributed by atoms with E-state index in [2.05, 4.69) is 54.3 Å². The zero-order valence-electron chi connectivity index (χ0n) is 16.0. The molecule has 0 saturated carbocycles. The van der Waals surface area contributed by atoms with Crippen LogP contribution in [0.4, 0.5) is 0 Å². The summed E-state index contributed by atoms with van der Waals surface area (Å²) < 4.78 is 8.01. The number of rotatable bonds is 4. The van der Waals surface area contributed by atoms with E-state index >= 15 is 0 Å². The number of nitrogens with zero attached hydrogens (tertiary/aromatic N) is 4. The number of hydrogen-bond acceptors (Lipinski definition) is 4. The van der Waals surface area contributed by atoms with Crippen LogP contribution in [0.2, 0.25) is 0 Å². The highest BCUT2D eigenvalue weighted by Gasteiger charge is 2.61. The van der Waals surface area contributed by atoms with Gasteiger partial charge in [-0.1, -0.05) is 26.0 Å². The zero-order chi connectivity index (χ0) is 18.6. The van der Waals surface area contributed by atoms with Crippen LogP contribution in [0.15, 0.2) is 36.7 Å². The van der Waals surface area contributed by atoms with E-state index in [9.17, 15) is 4.79 Å². The predicted octanol–water partition coefficient (Wildman–Crippen LogP) is 2.53. The Labute approximate surface area is 159 Å². The summed E-state index contributed by atoms with van der Waals surface area (Å²) in [5.41, 5.74) is 3.22. The fourth-order valence-corrected chi connectivity index (χ4v) is 4.89. The Kier molecular flexibility index (Phi) is 3.88. The molecule has 5 rings (SSSR count). The van der Waals surface area contributed by atoms with Gasteiger partial charge in [-0.3, -0.25) is 9.69 Å². The van der Waals surface area contributed by atoms with Crippen molar-refractivity contribution in [1.82, 2.24) is 19.6 Å². The average Bonchev–Trinajstić information content (AvgIpc) is 3.40. The molecule has 3 saturated heterocycles. The average molecular weight is 366 g/mol. The number of hydrogen-bond donors (Lipinski definition) is 0. The van der Waals surface area contributed by atoms with Gasteiger partial charge in [0, 0.05) is 44.2 Å². The highest BCUT2D eigenvalue weighted by Crippen LogP contribution is 2.45. The Morgan fingerprint density at radius 3 is 2.85 bits per heavy atom. The molecule has 6 nitrogen and oxygen atoms in total. The van der Waals surface area contributed by atoms with Gasteiger partial charge in [-0.15, -0.1) is 0 Å². The molecule has 142 valence electrons. The van der Waals surface area contributed by atoms with Crippen LogP contribution >= 0.6 is 0 Å². The SMILES string of the molecule is CC(C)c1ccc(-n2cc(CN3CC[C@@]45OCCN4C(=O)C[C@@H]35)cn2)cc1. The van der Waals surface area contributed by atoms with E-state index in [0.717, 1.165) is 31.7 Å². The Balaban J connectivity index is 1.32. The molecule has 0 N–H and O–H groups in total. The summed E-state index contributed by atoms with van der Waals surface area (Å²) in [6.07, 6.45) is 5.52. The van der Waals surface area contributed by atoms with Crippen molar-refractivity contribution in [1.29, 1.82) is 0 Å². The molecule has 6 heteroatoms. The van der Waals surface area contributed by atoms with Gasteiger partial charge in [0.25, 0.3) is 0 Å². The highest BCUT2D eigenvalue weighted by atomic mass is 16.5. The first kappa shape index (κ1) is 17.0. The van der Waals surface area contributed by atoms with Gasteiger partial charge in [-0.2, -0.15) is 5.10 Å². The van der Waals surface area contributed by atoms with E-state index in [0.29, 0.717) is 18.9 Å². The van der Waals surface area contributed by atoms with Crippen LogP contribution < -0.4 is 0 Å². The molecule has 4 heterocycles. The Hall–Kier alpha value is -2.18. The maximum Gasteiger partial charge on any atom is 0.226 e. The van der Waals surface area contributed by atoms with Crippen molar-refractivity contribution in [3.63, 3.8) is 0 Å². The van der Waals surface area contributed by atoms with Gasteiger partial charge in [0.2, 0.25) is 5.91 Å². The van der Waals surface area contributed by atoms with Crippen LogP contribution in [0.5, 0.6) is 0 Å². The Morgan fingerprint density at radius 2 is 2.07 bits per heavy atom. The van der Waals surface area contributed by atoms with Crippen LogP contribution in [0.1, 0.15) is 43.7 Å². The van der Waals surface area contributed by atoms with E-state index in [1.165, 1.54) is 11.1 Å². The van der Waals surface area contributed by atoms with E-state index in [-0.39, 0.29) is 17.7 Å². The third-order valence-corrected chi connectivity index (χ3v) is 6.36. The molecule has 0 aliphatic carbocycles. The lowest BCUT2D eigenvalue weighted by Crippen LogP contribution is -2.47. The van der Waals surface area contributed by atoms with Gasteiger partial charge < -0.3 is 9.64 Å². The second kappa shape index (κ2) is 6.17. The van der Waals surface area contributed by atoms with Crippen molar-refractivity contribution in [2.24, 2.45) is 0 Å². The molecule has 27 heavy (non-hydrogen) atoms. The van der Waals surface area contributed by atoms with E-state index < -0.39 is 0 Å². The molecule has 0 bridgehead atoms. The second-order valence-electron chi connectivity index (χ2n) is 8.22. The fraction of sp³-hybridized carbons (Fsp3) is 0.524. The first-order valence-electron chi connectivity index (χ1n) is 9.89. The van der Waals surface area contributed by atoms with Gasteiger partial charge in [0.1, 0.15) is 0 Å². The Bertz CT molecular complexity index is 859. The van der Waals surface area contributed by atoms with Crippen LogP contribution in [-0.2, 0) is 16.1 Å². The van der Waals surface area contributed by atoms with Gasteiger partial charge in [0.05, 0.1) is 24.5 Å². The molecule has 1 amide bonds. The first-order valence-corrected chi connectivity index (χ1v) is 9.89. The van der Waals surface area contributed by atoms with Gasteiger partial charge in [-0.25, -0.2) is 4.68 Å². The molecule has 0 radical (unpaired) electrons. The largest absolute Gasteiger partial charge is 0.352 e. The molecule has 3 aliphatic rings. The van der Waals surface area contributed by atoms with Gasteiger partial charge >= 0.3 is 0 Å². The molecular formula is C21H26N4O2. The standard InChI is InChI=1S/C21H26N4O2/c1-15(2)17-3-5-18(6-4-17)25-14-16(12-22-25)13-23-8-7-21-19(23)11-20(26)24(21)9-10-27-21/h3-6,12,14-15,19H,7-11,13H2,1-2H3/t19-,21+/m1/s1. The van der Waals surface area contributed by atoms with Gasteiger partial charge in [0.15, 0.2) is 5.72 Å². The summed E-state index contributed by atoms with van der Waals surface area (Å²) in [5, 5.41) is 4.55. The fourth-order valence-electron chi connectivity index (χ4n) is 4.89. The van der Waals surface area contributed by atoms with Crippen molar-refractivity contribution >= 4 is 5.91 Å². The van der Waals surface area contributed by atoms with Gasteiger partial charge in [-0.05, 0) is 23.6 Å². The van der Waals surface area contributed by atoms with E-state index in [1.54, 1.807) is 0 Å². The number of ether oxygens (including phenoxy) is 1. The molecule has 3 fully saturated rings. The summed E-state index contributed by atoms with van der Waals surface area (Å²) in [6, 6.07) is 8.75. The number of benzene rings is 1. The summed E-state index contributed by atoms with van der Waals surface area (Å²) >= 11 is 0. The molecule has 2 atom stereocenters.